The van der Waals surface area contributed by atoms with Gasteiger partial charge in [-0.2, -0.15) is 5.26 Å². The van der Waals surface area contributed by atoms with Crippen molar-refractivity contribution in [1.29, 1.82) is 5.26 Å². The van der Waals surface area contributed by atoms with Crippen LogP contribution in [0.4, 0.5) is 5.69 Å². The first kappa shape index (κ1) is 23.9. The van der Waals surface area contributed by atoms with Gasteiger partial charge in [-0.15, -0.1) is 0 Å². The Morgan fingerprint density at radius 3 is 2.68 bits per heavy atom. The third-order valence-corrected chi connectivity index (χ3v) is 6.30. The molecule has 1 amide bonds. The first-order valence-corrected chi connectivity index (χ1v) is 12.8. The van der Waals surface area contributed by atoms with Gasteiger partial charge in [-0.25, -0.2) is 14.2 Å². The average molecular weight is 481 g/mol. The summed E-state index contributed by atoms with van der Waals surface area (Å²) in [5.41, 5.74) is 2.34. The van der Waals surface area contributed by atoms with Crippen LogP contribution >= 0.6 is 0 Å². The molecular weight excluding hydrogens is 452 g/mol. The van der Waals surface area contributed by atoms with Crippen molar-refractivity contribution in [3.8, 4) is 11.9 Å². The van der Waals surface area contributed by atoms with E-state index in [1.807, 2.05) is 36.7 Å². The fourth-order valence-corrected chi connectivity index (χ4v) is 4.79. The standard InChI is InChI=1S/C24H28N6O3S/c1-15(2)28-21-11-22(30-9-8-17-10-16(12-25)13-27-23(17)30)26-14-20(21)24(31)29-18-4-6-19(7-5-18)33-34(3)32/h8-11,13-15,18-19H,4-7H2,1-3H3,(H,26,28)(H,29,31). The molecule has 9 nitrogen and oxygen atoms in total. The third-order valence-electron chi connectivity index (χ3n) is 5.76. The van der Waals surface area contributed by atoms with E-state index in [1.54, 1.807) is 12.3 Å². The maximum absolute atomic E-state index is 13.1. The molecule has 4 rings (SSSR count). The summed E-state index contributed by atoms with van der Waals surface area (Å²) in [6.07, 6.45) is 9.56. The number of fused-ring (bicyclic) bond motifs is 1. The van der Waals surface area contributed by atoms with Crippen molar-refractivity contribution in [2.24, 2.45) is 0 Å². The third kappa shape index (κ3) is 5.43. The largest absolute Gasteiger partial charge is 0.382 e. The first-order chi connectivity index (χ1) is 16.3. The maximum Gasteiger partial charge on any atom is 0.255 e. The predicted molar refractivity (Wildman–Crippen MR) is 131 cm³/mol. The van der Waals surface area contributed by atoms with Gasteiger partial charge in [0.15, 0.2) is 11.1 Å². The highest BCUT2D eigenvalue weighted by atomic mass is 32.2. The Balaban J connectivity index is 1.55. The molecular formula is C24H28N6O3S. The molecule has 0 bridgehead atoms. The number of nitriles is 1. The lowest BCUT2D eigenvalue weighted by Gasteiger charge is -2.28. The van der Waals surface area contributed by atoms with Crippen LogP contribution in [0.3, 0.4) is 0 Å². The number of anilines is 1. The summed E-state index contributed by atoms with van der Waals surface area (Å²) in [5.74, 6) is 0.442. The van der Waals surface area contributed by atoms with E-state index in [2.05, 4.69) is 26.7 Å². The Hall–Kier alpha value is -3.29. The van der Waals surface area contributed by atoms with Crippen molar-refractivity contribution in [1.82, 2.24) is 19.9 Å². The zero-order valence-electron chi connectivity index (χ0n) is 19.4. The van der Waals surface area contributed by atoms with Crippen molar-refractivity contribution in [2.45, 2.75) is 57.7 Å². The highest BCUT2D eigenvalue weighted by Crippen LogP contribution is 2.25. The van der Waals surface area contributed by atoms with Crippen molar-refractivity contribution in [3.63, 3.8) is 0 Å². The van der Waals surface area contributed by atoms with Gasteiger partial charge >= 0.3 is 0 Å². The van der Waals surface area contributed by atoms with E-state index in [0.717, 1.165) is 31.1 Å². The molecule has 2 N–H and O–H groups in total. The number of hydrogen-bond donors (Lipinski definition) is 2. The molecule has 1 aliphatic rings. The number of amides is 1. The monoisotopic (exact) mass is 480 g/mol. The van der Waals surface area contributed by atoms with Gasteiger partial charge < -0.3 is 10.6 Å². The van der Waals surface area contributed by atoms with Gasteiger partial charge in [-0.1, -0.05) is 0 Å². The van der Waals surface area contributed by atoms with E-state index < -0.39 is 11.1 Å². The normalized spacial score (nSPS) is 19.0. The molecule has 1 fully saturated rings. The van der Waals surface area contributed by atoms with E-state index in [-0.39, 0.29) is 24.1 Å². The lowest BCUT2D eigenvalue weighted by molar-refractivity contribution is 0.0902. The molecule has 1 aliphatic carbocycles. The maximum atomic E-state index is 13.1. The van der Waals surface area contributed by atoms with E-state index in [9.17, 15) is 9.00 Å². The molecule has 3 aromatic heterocycles. The number of pyridine rings is 2. The summed E-state index contributed by atoms with van der Waals surface area (Å²) >= 11 is -1.27. The summed E-state index contributed by atoms with van der Waals surface area (Å²) in [4.78, 5) is 22.1. The van der Waals surface area contributed by atoms with Gasteiger partial charge in [0.25, 0.3) is 5.91 Å². The topological polar surface area (TPSA) is 122 Å². The van der Waals surface area contributed by atoms with E-state index in [0.29, 0.717) is 28.3 Å². The van der Waals surface area contributed by atoms with E-state index >= 15 is 0 Å². The molecule has 0 aromatic carbocycles. The highest BCUT2D eigenvalue weighted by Gasteiger charge is 2.25. The highest BCUT2D eigenvalue weighted by molar-refractivity contribution is 7.79. The quantitative estimate of drug-likeness (QED) is 0.531. The van der Waals surface area contributed by atoms with Crippen LogP contribution in [0.1, 0.15) is 55.5 Å². The number of carbonyl (C=O) groups excluding carboxylic acids is 1. The predicted octanol–water partition coefficient (Wildman–Crippen LogP) is 3.46. The minimum atomic E-state index is -1.27. The molecule has 3 aromatic rings. The van der Waals surface area contributed by atoms with Crippen molar-refractivity contribution in [3.05, 3.63) is 47.9 Å². The van der Waals surface area contributed by atoms with Crippen molar-refractivity contribution in [2.75, 3.05) is 11.6 Å². The van der Waals surface area contributed by atoms with Crippen LogP contribution in [0.15, 0.2) is 36.8 Å². The molecule has 3 heterocycles. The minimum absolute atomic E-state index is 0.0210. The molecule has 1 atom stereocenters. The molecule has 0 spiro atoms. The number of aromatic nitrogens is 3. The van der Waals surface area contributed by atoms with Crippen LogP contribution in [0.5, 0.6) is 0 Å². The molecule has 178 valence electrons. The van der Waals surface area contributed by atoms with E-state index in [1.165, 1.54) is 12.5 Å². The smallest absolute Gasteiger partial charge is 0.255 e. The second-order valence-corrected chi connectivity index (χ2v) is 9.76. The van der Waals surface area contributed by atoms with E-state index in [4.69, 9.17) is 9.44 Å². The molecule has 1 saturated carbocycles. The molecule has 0 aliphatic heterocycles. The second-order valence-electron chi connectivity index (χ2n) is 8.77. The fraction of sp³-hybridized carbons (Fsp3) is 0.417. The lowest BCUT2D eigenvalue weighted by atomic mass is 9.93. The second kappa shape index (κ2) is 10.3. The summed E-state index contributed by atoms with van der Waals surface area (Å²) in [5, 5.41) is 16.4. The zero-order valence-corrected chi connectivity index (χ0v) is 20.3. The molecule has 1 unspecified atom stereocenters. The Labute approximate surface area is 201 Å². The Morgan fingerprint density at radius 2 is 2.00 bits per heavy atom. The summed E-state index contributed by atoms with van der Waals surface area (Å²) in [7, 11) is 0. The van der Waals surface area contributed by atoms with Gasteiger partial charge in [0.2, 0.25) is 0 Å². The van der Waals surface area contributed by atoms with Gasteiger partial charge in [0.1, 0.15) is 17.5 Å². The average Bonchev–Trinajstić information content (AvgIpc) is 3.22. The van der Waals surface area contributed by atoms with Gasteiger partial charge in [0, 0.05) is 48.4 Å². The summed E-state index contributed by atoms with van der Waals surface area (Å²) in [6, 6.07) is 7.76. The number of rotatable bonds is 7. The Bertz CT molecular complexity index is 1260. The molecule has 0 saturated heterocycles. The number of carbonyl (C=O) groups is 1. The number of hydrogen-bond acceptors (Lipinski definition) is 7. The zero-order chi connectivity index (χ0) is 24.2. The van der Waals surface area contributed by atoms with Crippen LogP contribution in [0, 0.1) is 11.3 Å². The van der Waals surface area contributed by atoms with Crippen LogP contribution < -0.4 is 10.6 Å². The summed E-state index contributed by atoms with van der Waals surface area (Å²) < 4.78 is 18.5. The van der Waals surface area contributed by atoms with Crippen LogP contribution in [-0.2, 0) is 15.3 Å². The van der Waals surface area contributed by atoms with Crippen molar-refractivity contribution >= 4 is 33.7 Å². The molecule has 0 radical (unpaired) electrons. The number of nitrogens with one attached hydrogen (secondary N) is 2. The summed E-state index contributed by atoms with van der Waals surface area (Å²) in [6.45, 7) is 4.02. The molecule has 10 heteroatoms. The Morgan fingerprint density at radius 1 is 1.24 bits per heavy atom. The number of nitrogens with zero attached hydrogens (tertiary/aromatic N) is 4. The van der Waals surface area contributed by atoms with Gasteiger partial charge in [0.05, 0.1) is 22.9 Å². The first-order valence-electron chi connectivity index (χ1n) is 11.3. The van der Waals surface area contributed by atoms with Gasteiger partial charge in [-0.3, -0.25) is 13.5 Å². The van der Waals surface area contributed by atoms with Crippen LogP contribution in [0.2, 0.25) is 0 Å². The lowest BCUT2D eigenvalue weighted by Crippen LogP contribution is -2.39. The van der Waals surface area contributed by atoms with Crippen molar-refractivity contribution < 1.29 is 13.2 Å². The molecule has 34 heavy (non-hydrogen) atoms. The van der Waals surface area contributed by atoms with Crippen LogP contribution in [-0.4, -0.2) is 49.1 Å². The minimum Gasteiger partial charge on any atom is -0.382 e. The Kier molecular flexibility index (Phi) is 7.24. The fourth-order valence-electron chi connectivity index (χ4n) is 4.22. The SMILES string of the molecule is CC(C)Nc1cc(-n2ccc3cc(C#N)cnc32)ncc1C(=O)NC1CCC(OS(C)=O)CC1. The van der Waals surface area contributed by atoms with Gasteiger partial charge in [-0.05, 0) is 51.7 Å². The van der Waals surface area contributed by atoms with Crippen LogP contribution in [0.25, 0.3) is 16.9 Å².